The fourth-order valence-electron chi connectivity index (χ4n) is 3.63. The molecule has 1 fully saturated rings. The Morgan fingerprint density at radius 3 is 2.47 bits per heavy atom. The zero-order chi connectivity index (χ0) is 21.1. The second-order valence-electron chi connectivity index (χ2n) is 7.22. The maximum Gasteiger partial charge on any atom is 0.374 e. The van der Waals surface area contributed by atoms with Gasteiger partial charge in [0.15, 0.2) is 0 Å². The number of halogens is 1. The number of benzene rings is 2. The minimum absolute atomic E-state index is 0.154. The third-order valence-corrected chi connectivity index (χ3v) is 5.77. The minimum Gasteiger partial charge on any atom is -0.460 e. The topological polar surface area (TPSA) is 63.0 Å². The largest absolute Gasteiger partial charge is 0.460 e. The molecule has 30 heavy (non-hydrogen) atoms. The first kappa shape index (κ1) is 20.5. The van der Waals surface area contributed by atoms with Gasteiger partial charge in [0.05, 0.1) is 13.0 Å². The van der Waals surface area contributed by atoms with Crippen molar-refractivity contribution in [3.05, 3.63) is 64.3 Å². The summed E-state index contributed by atoms with van der Waals surface area (Å²) in [5.74, 6) is -0.0816. The lowest BCUT2D eigenvalue weighted by Crippen LogP contribution is -2.49. The van der Waals surface area contributed by atoms with Crippen molar-refractivity contribution in [3.63, 3.8) is 0 Å². The second-order valence-corrected chi connectivity index (χ2v) is 8.14. The summed E-state index contributed by atoms with van der Waals surface area (Å²) in [5, 5.41) is 0.865. The number of hydrogen-bond donors (Lipinski definition) is 0. The van der Waals surface area contributed by atoms with Crippen LogP contribution in [0.4, 0.5) is 5.69 Å². The third kappa shape index (κ3) is 4.51. The van der Waals surface area contributed by atoms with Crippen LogP contribution in [0.1, 0.15) is 23.0 Å². The lowest BCUT2D eigenvalue weighted by atomic mass is 10.1. The molecule has 156 valence electrons. The standard InChI is InChI=1S/C23H23BrN2O4/c1-2-29-23(28)21-15-17-14-19(7-8-20(17)30-21)25-9-11-26(12-10-25)22(27)13-16-3-5-18(24)6-4-16/h3-8,14-15H,2,9-13H2,1H3. The first-order chi connectivity index (χ1) is 14.5. The Hall–Kier alpha value is -2.80. The number of rotatable bonds is 5. The van der Waals surface area contributed by atoms with Crippen LogP contribution >= 0.6 is 15.9 Å². The molecule has 0 saturated carbocycles. The Bertz CT molecular complexity index is 1050. The highest BCUT2D eigenvalue weighted by atomic mass is 79.9. The number of amides is 1. The monoisotopic (exact) mass is 470 g/mol. The number of carbonyl (C=O) groups is 2. The smallest absolute Gasteiger partial charge is 0.374 e. The van der Waals surface area contributed by atoms with Crippen molar-refractivity contribution in [2.75, 3.05) is 37.7 Å². The number of carbonyl (C=O) groups excluding carboxylic acids is 2. The summed E-state index contributed by atoms with van der Waals surface area (Å²) in [5.41, 5.74) is 2.73. The molecule has 0 atom stereocenters. The van der Waals surface area contributed by atoms with Crippen molar-refractivity contribution in [2.24, 2.45) is 0 Å². The van der Waals surface area contributed by atoms with Crippen molar-refractivity contribution in [1.29, 1.82) is 0 Å². The van der Waals surface area contributed by atoms with Gasteiger partial charge in [0.25, 0.3) is 0 Å². The molecule has 6 nitrogen and oxygen atoms in total. The van der Waals surface area contributed by atoms with Crippen LogP contribution in [-0.2, 0) is 16.0 Å². The van der Waals surface area contributed by atoms with Gasteiger partial charge in [-0.15, -0.1) is 0 Å². The highest BCUT2D eigenvalue weighted by Gasteiger charge is 2.22. The molecule has 7 heteroatoms. The first-order valence-electron chi connectivity index (χ1n) is 10.0. The predicted octanol–water partition coefficient (Wildman–Crippen LogP) is 4.26. The molecule has 2 heterocycles. The molecule has 2 aromatic carbocycles. The van der Waals surface area contributed by atoms with Gasteiger partial charge in [-0.25, -0.2) is 4.79 Å². The van der Waals surface area contributed by atoms with Crippen LogP contribution in [-0.4, -0.2) is 49.6 Å². The van der Waals surface area contributed by atoms with Crippen LogP contribution in [0.25, 0.3) is 11.0 Å². The quantitative estimate of drug-likeness (QED) is 0.521. The number of piperazine rings is 1. The SMILES string of the molecule is CCOC(=O)c1cc2cc(N3CCN(C(=O)Cc4ccc(Br)cc4)CC3)ccc2o1. The van der Waals surface area contributed by atoms with Crippen LogP contribution in [0.5, 0.6) is 0 Å². The highest BCUT2D eigenvalue weighted by Crippen LogP contribution is 2.26. The molecule has 1 aliphatic rings. The average Bonchev–Trinajstić information content (AvgIpc) is 3.19. The van der Waals surface area contributed by atoms with Gasteiger partial charge in [0.1, 0.15) is 5.58 Å². The van der Waals surface area contributed by atoms with Crippen LogP contribution in [0, 0.1) is 0 Å². The lowest BCUT2D eigenvalue weighted by Gasteiger charge is -2.36. The van der Waals surface area contributed by atoms with Gasteiger partial charge in [-0.2, -0.15) is 0 Å². The number of hydrogen-bond acceptors (Lipinski definition) is 5. The van der Waals surface area contributed by atoms with Gasteiger partial charge in [-0.3, -0.25) is 4.79 Å². The summed E-state index contributed by atoms with van der Waals surface area (Å²) in [7, 11) is 0. The maximum absolute atomic E-state index is 12.6. The molecule has 0 spiro atoms. The fraction of sp³-hybridized carbons (Fsp3) is 0.304. The maximum atomic E-state index is 12.6. The van der Waals surface area contributed by atoms with E-state index in [0.717, 1.165) is 34.2 Å². The molecular weight excluding hydrogens is 448 g/mol. The molecule has 0 aliphatic carbocycles. The lowest BCUT2D eigenvalue weighted by molar-refractivity contribution is -0.130. The fourth-order valence-corrected chi connectivity index (χ4v) is 3.90. The molecule has 0 bridgehead atoms. The number of anilines is 1. The van der Waals surface area contributed by atoms with Gasteiger partial charge >= 0.3 is 5.97 Å². The van der Waals surface area contributed by atoms with Gasteiger partial charge in [-0.05, 0) is 48.9 Å². The summed E-state index contributed by atoms with van der Waals surface area (Å²) in [6, 6.07) is 15.5. The van der Waals surface area contributed by atoms with Crippen molar-refractivity contribution in [3.8, 4) is 0 Å². The molecule has 1 aromatic heterocycles. The predicted molar refractivity (Wildman–Crippen MR) is 119 cm³/mol. The molecular formula is C23H23BrN2O4. The van der Waals surface area contributed by atoms with E-state index in [9.17, 15) is 9.59 Å². The molecule has 3 aromatic rings. The van der Waals surface area contributed by atoms with E-state index in [1.54, 1.807) is 13.0 Å². The van der Waals surface area contributed by atoms with Crippen molar-refractivity contribution < 1.29 is 18.7 Å². The Morgan fingerprint density at radius 1 is 1.03 bits per heavy atom. The summed E-state index contributed by atoms with van der Waals surface area (Å²) < 4.78 is 11.6. The summed E-state index contributed by atoms with van der Waals surface area (Å²) in [6.45, 7) is 4.98. The van der Waals surface area contributed by atoms with Gasteiger partial charge < -0.3 is 19.0 Å². The van der Waals surface area contributed by atoms with E-state index < -0.39 is 5.97 Å². The minimum atomic E-state index is -0.451. The van der Waals surface area contributed by atoms with E-state index in [1.807, 2.05) is 47.4 Å². The van der Waals surface area contributed by atoms with Crippen LogP contribution in [0.3, 0.4) is 0 Å². The summed E-state index contributed by atoms with van der Waals surface area (Å²) >= 11 is 3.42. The van der Waals surface area contributed by atoms with E-state index in [0.29, 0.717) is 31.7 Å². The number of nitrogens with zero attached hydrogens (tertiary/aromatic N) is 2. The molecule has 1 aliphatic heterocycles. The zero-order valence-corrected chi connectivity index (χ0v) is 18.4. The van der Waals surface area contributed by atoms with Crippen molar-refractivity contribution in [2.45, 2.75) is 13.3 Å². The van der Waals surface area contributed by atoms with E-state index >= 15 is 0 Å². The number of furan rings is 1. The molecule has 1 amide bonds. The van der Waals surface area contributed by atoms with Crippen LogP contribution in [0.15, 0.2) is 57.4 Å². The van der Waals surface area contributed by atoms with Crippen molar-refractivity contribution in [1.82, 2.24) is 4.90 Å². The normalized spacial score (nSPS) is 14.2. The van der Waals surface area contributed by atoms with E-state index in [-0.39, 0.29) is 11.7 Å². The number of esters is 1. The van der Waals surface area contributed by atoms with Gasteiger partial charge in [-0.1, -0.05) is 28.1 Å². The molecule has 0 N–H and O–H groups in total. The van der Waals surface area contributed by atoms with Crippen molar-refractivity contribution >= 4 is 44.5 Å². The summed E-state index contributed by atoms with van der Waals surface area (Å²) in [6.07, 6.45) is 0.422. The Labute approximate surface area is 183 Å². The number of ether oxygens (including phenoxy) is 1. The Balaban J connectivity index is 1.38. The van der Waals surface area contributed by atoms with Crippen LogP contribution < -0.4 is 4.90 Å². The number of fused-ring (bicyclic) bond motifs is 1. The van der Waals surface area contributed by atoms with Crippen LogP contribution in [0.2, 0.25) is 0 Å². The Kier molecular flexibility index (Phi) is 6.08. The molecule has 0 radical (unpaired) electrons. The molecule has 4 rings (SSSR count). The second kappa shape index (κ2) is 8.92. The zero-order valence-electron chi connectivity index (χ0n) is 16.8. The van der Waals surface area contributed by atoms with E-state index in [1.165, 1.54) is 0 Å². The highest BCUT2D eigenvalue weighted by molar-refractivity contribution is 9.10. The summed E-state index contributed by atoms with van der Waals surface area (Å²) in [4.78, 5) is 28.7. The van der Waals surface area contributed by atoms with Gasteiger partial charge in [0.2, 0.25) is 11.7 Å². The molecule has 0 unspecified atom stereocenters. The molecule has 1 saturated heterocycles. The Morgan fingerprint density at radius 2 is 1.77 bits per heavy atom. The van der Waals surface area contributed by atoms with Gasteiger partial charge in [0, 0.05) is 41.7 Å². The van der Waals surface area contributed by atoms with E-state index in [4.69, 9.17) is 9.15 Å². The average molecular weight is 471 g/mol. The first-order valence-corrected chi connectivity index (χ1v) is 10.8. The third-order valence-electron chi connectivity index (χ3n) is 5.24. The van der Waals surface area contributed by atoms with E-state index in [2.05, 4.69) is 20.8 Å².